The zero-order valence-electron chi connectivity index (χ0n) is 9.99. The molecule has 1 heterocycles. The second kappa shape index (κ2) is 4.59. The summed E-state index contributed by atoms with van der Waals surface area (Å²) in [6.07, 6.45) is 2.62. The van der Waals surface area contributed by atoms with Crippen LogP contribution in [-0.2, 0) is 9.53 Å². The molecule has 4 heteroatoms. The second-order valence-corrected chi connectivity index (χ2v) is 4.02. The van der Waals surface area contributed by atoms with Gasteiger partial charge in [-0.05, 0) is 30.7 Å². The zero-order valence-corrected chi connectivity index (χ0v) is 9.99. The van der Waals surface area contributed by atoms with E-state index >= 15 is 0 Å². The van der Waals surface area contributed by atoms with Crippen LogP contribution in [0.1, 0.15) is 18.9 Å². The van der Waals surface area contributed by atoms with Gasteiger partial charge in [0, 0.05) is 29.6 Å². The Morgan fingerprint density at radius 1 is 1.53 bits per heavy atom. The van der Waals surface area contributed by atoms with Crippen molar-refractivity contribution in [1.82, 2.24) is 0 Å². The SMILES string of the molecule is CCC(C=C1C(=O)Nc2ccc(N)cc21)OC. The van der Waals surface area contributed by atoms with Crippen molar-refractivity contribution in [2.24, 2.45) is 0 Å². The number of carbonyl (C=O) groups is 1. The quantitative estimate of drug-likeness (QED) is 0.619. The van der Waals surface area contributed by atoms with Gasteiger partial charge in [-0.15, -0.1) is 0 Å². The molecule has 0 bridgehead atoms. The van der Waals surface area contributed by atoms with Gasteiger partial charge in [-0.3, -0.25) is 4.79 Å². The summed E-state index contributed by atoms with van der Waals surface area (Å²) in [7, 11) is 1.64. The number of nitrogens with one attached hydrogen (secondary N) is 1. The van der Waals surface area contributed by atoms with Crippen LogP contribution in [0.5, 0.6) is 0 Å². The lowest BCUT2D eigenvalue weighted by Gasteiger charge is -2.08. The highest BCUT2D eigenvalue weighted by atomic mass is 16.5. The molecule has 0 spiro atoms. The van der Waals surface area contributed by atoms with Gasteiger partial charge in [-0.25, -0.2) is 0 Å². The van der Waals surface area contributed by atoms with Gasteiger partial charge in [0.2, 0.25) is 0 Å². The summed E-state index contributed by atoms with van der Waals surface area (Å²) in [5.41, 5.74) is 8.69. The highest BCUT2D eigenvalue weighted by molar-refractivity contribution is 6.31. The summed E-state index contributed by atoms with van der Waals surface area (Å²) in [5.74, 6) is -0.0962. The lowest BCUT2D eigenvalue weighted by Crippen LogP contribution is -2.09. The average Bonchev–Trinajstić information content (AvgIpc) is 2.62. The third-order valence-electron chi connectivity index (χ3n) is 2.88. The normalized spacial score (nSPS) is 18.0. The minimum Gasteiger partial charge on any atom is -0.399 e. The number of benzene rings is 1. The number of ether oxygens (including phenoxy) is 1. The summed E-state index contributed by atoms with van der Waals surface area (Å²) >= 11 is 0. The molecular weight excluding hydrogens is 216 g/mol. The number of rotatable bonds is 3. The monoisotopic (exact) mass is 232 g/mol. The van der Waals surface area contributed by atoms with Gasteiger partial charge in [0.15, 0.2) is 0 Å². The zero-order chi connectivity index (χ0) is 12.4. The van der Waals surface area contributed by atoms with E-state index < -0.39 is 0 Å². The fourth-order valence-corrected chi connectivity index (χ4v) is 1.91. The van der Waals surface area contributed by atoms with E-state index in [1.54, 1.807) is 19.2 Å². The maximum atomic E-state index is 11.8. The van der Waals surface area contributed by atoms with E-state index in [-0.39, 0.29) is 12.0 Å². The van der Waals surface area contributed by atoms with Gasteiger partial charge >= 0.3 is 0 Å². The predicted molar refractivity (Wildman–Crippen MR) is 68.5 cm³/mol. The third-order valence-corrected chi connectivity index (χ3v) is 2.88. The molecule has 1 aliphatic rings. The number of nitrogens with two attached hydrogens (primary N) is 1. The van der Waals surface area contributed by atoms with E-state index in [0.29, 0.717) is 11.3 Å². The molecule has 0 saturated heterocycles. The first-order valence-corrected chi connectivity index (χ1v) is 5.61. The molecule has 0 fully saturated rings. The molecular formula is C13H16N2O2. The first-order chi connectivity index (χ1) is 8.15. The van der Waals surface area contributed by atoms with Crippen molar-refractivity contribution in [1.29, 1.82) is 0 Å². The van der Waals surface area contributed by atoms with Gasteiger partial charge < -0.3 is 15.8 Å². The predicted octanol–water partition coefficient (Wildman–Crippen LogP) is 2.03. The number of carbonyl (C=O) groups excluding carboxylic acids is 1. The Morgan fingerprint density at radius 2 is 2.29 bits per heavy atom. The number of anilines is 2. The standard InChI is InChI=1S/C13H16N2O2/c1-3-9(17-2)7-11-10-6-8(14)4-5-12(10)15-13(11)16/h4-7,9H,3,14H2,1-2H3,(H,15,16). The Kier molecular flexibility index (Phi) is 3.15. The van der Waals surface area contributed by atoms with Crippen LogP contribution in [0.3, 0.4) is 0 Å². The molecule has 4 nitrogen and oxygen atoms in total. The van der Waals surface area contributed by atoms with Gasteiger partial charge in [0.1, 0.15) is 0 Å². The largest absolute Gasteiger partial charge is 0.399 e. The third kappa shape index (κ3) is 2.17. The summed E-state index contributed by atoms with van der Waals surface area (Å²) in [5, 5.41) is 2.81. The van der Waals surface area contributed by atoms with Crippen LogP contribution < -0.4 is 11.1 Å². The Balaban J connectivity index is 2.43. The Morgan fingerprint density at radius 3 is 2.94 bits per heavy atom. The summed E-state index contributed by atoms with van der Waals surface area (Å²) in [4.78, 5) is 11.8. The number of fused-ring (bicyclic) bond motifs is 1. The molecule has 17 heavy (non-hydrogen) atoms. The topological polar surface area (TPSA) is 64.4 Å². The number of hydrogen-bond donors (Lipinski definition) is 2. The van der Waals surface area contributed by atoms with Crippen LogP contribution in [0.25, 0.3) is 5.57 Å². The van der Waals surface area contributed by atoms with E-state index in [2.05, 4.69) is 5.32 Å². The lowest BCUT2D eigenvalue weighted by molar-refractivity contribution is -0.110. The molecule has 0 aromatic heterocycles. The van der Waals surface area contributed by atoms with Crippen LogP contribution in [0.15, 0.2) is 24.3 Å². The van der Waals surface area contributed by atoms with Crippen molar-refractivity contribution in [3.63, 3.8) is 0 Å². The van der Waals surface area contributed by atoms with E-state index in [0.717, 1.165) is 17.7 Å². The fourth-order valence-electron chi connectivity index (χ4n) is 1.91. The van der Waals surface area contributed by atoms with E-state index in [1.807, 2.05) is 19.1 Å². The van der Waals surface area contributed by atoms with Crippen molar-refractivity contribution in [2.75, 3.05) is 18.2 Å². The molecule has 1 aromatic rings. The molecule has 1 amide bonds. The molecule has 0 aliphatic carbocycles. The van der Waals surface area contributed by atoms with Crippen LogP contribution in [0, 0.1) is 0 Å². The van der Waals surface area contributed by atoms with Crippen LogP contribution in [0.4, 0.5) is 11.4 Å². The second-order valence-electron chi connectivity index (χ2n) is 4.02. The van der Waals surface area contributed by atoms with Crippen molar-refractivity contribution < 1.29 is 9.53 Å². The molecule has 3 N–H and O–H groups in total. The minimum atomic E-state index is -0.0962. The maximum absolute atomic E-state index is 11.8. The molecule has 0 radical (unpaired) electrons. The molecule has 2 rings (SSSR count). The van der Waals surface area contributed by atoms with Gasteiger partial charge in [0.05, 0.1) is 6.10 Å². The van der Waals surface area contributed by atoms with Crippen LogP contribution in [-0.4, -0.2) is 19.1 Å². The fraction of sp³-hybridized carbons (Fsp3) is 0.308. The average molecular weight is 232 g/mol. The first-order valence-electron chi connectivity index (χ1n) is 5.61. The van der Waals surface area contributed by atoms with Crippen molar-refractivity contribution in [3.05, 3.63) is 29.8 Å². The van der Waals surface area contributed by atoms with Gasteiger partial charge in [-0.2, -0.15) is 0 Å². The molecule has 0 saturated carbocycles. The lowest BCUT2D eigenvalue weighted by atomic mass is 10.0. The molecule has 1 aliphatic heterocycles. The molecule has 1 aromatic carbocycles. The van der Waals surface area contributed by atoms with Crippen LogP contribution >= 0.6 is 0 Å². The van der Waals surface area contributed by atoms with Gasteiger partial charge in [-0.1, -0.05) is 6.92 Å². The molecule has 1 atom stereocenters. The Bertz CT molecular complexity index is 476. The first kappa shape index (κ1) is 11.7. The highest BCUT2D eigenvalue weighted by Crippen LogP contribution is 2.33. The van der Waals surface area contributed by atoms with Crippen molar-refractivity contribution in [2.45, 2.75) is 19.4 Å². The van der Waals surface area contributed by atoms with Crippen LogP contribution in [0.2, 0.25) is 0 Å². The number of amides is 1. The molecule has 90 valence electrons. The van der Waals surface area contributed by atoms with E-state index in [1.165, 1.54) is 0 Å². The van der Waals surface area contributed by atoms with Crippen molar-refractivity contribution in [3.8, 4) is 0 Å². The number of methoxy groups -OCH3 is 1. The summed E-state index contributed by atoms with van der Waals surface area (Å²) < 4.78 is 5.27. The highest BCUT2D eigenvalue weighted by Gasteiger charge is 2.24. The van der Waals surface area contributed by atoms with Gasteiger partial charge in [0.25, 0.3) is 5.91 Å². The Hall–Kier alpha value is -1.81. The molecule has 1 unspecified atom stereocenters. The smallest absolute Gasteiger partial charge is 0.256 e. The number of nitrogen functional groups attached to an aromatic ring is 1. The van der Waals surface area contributed by atoms with E-state index in [4.69, 9.17) is 10.5 Å². The minimum absolute atomic E-state index is 0.0527. The Labute approximate surface area is 100 Å². The summed E-state index contributed by atoms with van der Waals surface area (Å²) in [6, 6.07) is 5.40. The van der Waals surface area contributed by atoms with Crippen molar-refractivity contribution >= 4 is 22.9 Å². The maximum Gasteiger partial charge on any atom is 0.256 e. The summed E-state index contributed by atoms with van der Waals surface area (Å²) in [6.45, 7) is 2.01. The van der Waals surface area contributed by atoms with E-state index in [9.17, 15) is 4.79 Å². The number of hydrogen-bond acceptors (Lipinski definition) is 3.